The van der Waals surface area contributed by atoms with Crippen LogP contribution < -0.4 is 0 Å². The van der Waals surface area contributed by atoms with E-state index in [4.69, 9.17) is 0 Å². The highest BCUT2D eigenvalue weighted by molar-refractivity contribution is 6.10. The zero-order valence-electron chi connectivity index (χ0n) is 28.2. The molecule has 0 saturated heterocycles. The zero-order chi connectivity index (χ0) is 35.1. The molecule has 2 aromatic heterocycles. The number of hydrogen-bond acceptors (Lipinski definition) is 3. The molecule has 0 aliphatic heterocycles. The lowest BCUT2D eigenvalue weighted by Crippen LogP contribution is -2.01. The summed E-state index contributed by atoms with van der Waals surface area (Å²) >= 11 is 0. The Kier molecular flexibility index (Phi) is 7.77. The molecule has 0 spiro atoms. The number of aryl methyl sites for hydroxylation is 1. The van der Waals surface area contributed by atoms with Gasteiger partial charge in [0.15, 0.2) is 0 Å². The standard InChI is InChI=1S/C46H31N5/c1-30(27-47)22-46-31(2)40-23-32(28-48)18-20-44(40)51(46)45-21-19-33(29-49)24-41(45)36-12-9-11-34(25-36)35-10-3-4-13-37(26-35)50-42-16-7-5-14-38(42)39-15-6-8-17-43(39)50/h3-9,11-26H,10H2,1-2H3/b30-22+. The molecule has 0 saturated carbocycles. The predicted octanol–water partition coefficient (Wildman–Crippen LogP) is 11.3. The molecule has 2 heterocycles. The third-order valence-electron chi connectivity index (χ3n) is 9.74. The smallest absolute Gasteiger partial charge is 0.0991 e. The second kappa shape index (κ2) is 12.7. The average Bonchev–Trinajstić information content (AvgIpc) is 3.51. The first-order chi connectivity index (χ1) is 25.0. The summed E-state index contributed by atoms with van der Waals surface area (Å²) in [6.07, 6.45) is 11.5. The summed E-state index contributed by atoms with van der Waals surface area (Å²) in [5.41, 5.74) is 12.9. The highest BCUT2D eigenvalue weighted by Crippen LogP contribution is 2.39. The summed E-state index contributed by atoms with van der Waals surface area (Å²) in [7, 11) is 0. The van der Waals surface area contributed by atoms with E-state index in [1.807, 2.05) is 49.4 Å². The number of allylic oxidation sites excluding steroid dienone is 7. The largest absolute Gasteiger partial charge is 0.309 e. The number of nitriles is 3. The Morgan fingerprint density at radius 2 is 1.35 bits per heavy atom. The van der Waals surface area contributed by atoms with E-state index in [1.54, 1.807) is 6.92 Å². The number of rotatable bonds is 5. The number of benzene rings is 5. The number of aromatic nitrogens is 2. The van der Waals surface area contributed by atoms with Crippen molar-refractivity contribution in [3.05, 3.63) is 167 Å². The molecular weight excluding hydrogens is 623 g/mol. The van der Waals surface area contributed by atoms with Crippen molar-refractivity contribution in [1.29, 1.82) is 15.8 Å². The molecule has 51 heavy (non-hydrogen) atoms. The van der Waals surface area contributed by atoms with Gasteiger partial charge < -0.3 is 9.13 Å². The van der Waals surface area contributed by atoms with Gasteiger partial charge in [-0.3, -0.25) is 0 Å². The van der Waals surface area contributed by atoms with Gasteiger partial charge in [0.25, 0.3) is 0 Å². The number of hydrogen-bond donors (Lipinski definition) is 0. The summed E-state index contributed by atoms with van der Waals surface area (Å²) in [6, 6.07) is 43.9. The van der Waals surface area contributed by atoms with E-state index in [0.717, 1.165) is 67.7 Å². The van der Waals surface area contributed by atoms with E-state index in [1.165, 1.54) is 16.3 Å². The highest BCUT2D eigenvalue weighted by atomic mass is 15.0. The first-order valence-corrected chi connectivity index (χ1v) is 16.8. The van der Waals surface area contributed by atoms with Crippen LogP contribution in [0.3, 0.4) is 0 Å². The van der Waals surface area contributed by atoms with Crippen molar-refractivity contribution >= 4 is 50.1 Å². The molecule has 8 rings (SSSR count). The van der Waals surface area contributed by atoms with Gasteiger partial charge in [0.05, 0.1) is 57.3 Å². The molecule has 240 valence electrons. The summed E-state index contributed by atoms with van der Waals surface area (Å²) in [5.74, 6) is 0. The second-order valence-electron chi connectivity index (χ2n) is 12.8. The Bertz CT molecular complexity index is 2770. The van der Waals surface area contributed by atoms with Crippen LogP contribution in [0.15, 0.2) is 139 Å². The Labute approximate surface area is 296 Å². The minimum Gasteiger partial charge on any atom is -0.309 e. The second-order valence-corrected chi connectivity index (χ2v) is 12.8. The molecule has 1 aliphatic carbocycles. The van der Waals surface area contributed by atoms with Crippen LogP contribution >= 0.6 is 0 Å². The van der Waals surface area contributed by atoms with Crippen molar-refractivity contribution in [3.8, 4) is 35.0 Å². The van der Waals surface area contributed by atoms with Crippen molar-refractivity contribution < 1.29 is 0 Å². The molecule has 5 heteroatoms. The normalized spacial score (nSPS) is 13.0. The molecule has 1 aliphatic rings. The van der Waals surface area contributed by atoms with E-state index in [2.05, 4.69) is 124 Å². The van der Waals surface area contributed by atoms with Gasteiger partial charge in [0, 0.05) is 33.0 Å². The zero-order valence-corrected chi connectivity index (χ0v) is 28.2. The van der Waals surface area contributed by atoms with Crippen molar-refractivity contribution in [2.45, 2.75) is 20.3 Å². The third-order valence-corrected chi connectivity index (χ3v) is 9.74. The number of fused-ring (bicyclic) bond motifs is 4. The summed E-state index contributed by atoms with van der Waals surface area (Å²) in [4.78, 5) is 0. The average molecular weight is 654 g/mol. The van der Waals surface area contributed by atoms with Crippen molar-refractivity contribution in [2.75, 3.05) is 0 Å². The van der Waals surface area contributed by atoms with Crippen LogP contribution in [0.4, 0.5) is 0 Å². The van der Waals surface area contributed by atoms with Gasteiger partial charge in [-0.25, -0.2) is 0 Å². The Hall–Kier alpha value is -7.13. The van der Waals surface area contributed by atoms with Crippen LogP contribution in [0.1, 0.15) is 41.3 Å². The fourth-order valence-electron chi connectivity index (χ4n) is 7.31. The van der Waals surface area contributed by atoms with E-state index in [-0.39, 0.29) is 0 Å². The van der Waals surface area contributed by atoms with E-state index >= 15 is 0 Å². The maximum atomic E-state index is 10.0. The fourth-order valence-corrected chi connectivity index (χ4v) is 7.31. The Morgan fingerprint density at radius 1 is 0.686 bits per heavy atom. The first kappa shape index (κ1) is 31.2. The van der Waals surface area contributed by atoms with Crippen LogP contribution in [0, 0.1) is 40.9 Å². The Balaban J connectivity index is 1.31. The van der Waals surface area contributed by atoms with Gasteiger partial charge in [-0.2, -0.15) is 15.8 Å². The molecule has 5 nitrogen and oxygen atoms in total. The topological polar surface area (TPSA) is 81.2 Å². The lowest BCUT2D eigenvalue weighted by Gasteiger charge is -2.17. The SMILES string of the molecule is C/C(C#N)=C\c1c(C)c2cc(C#N)ccc2n1-c1ccc(C#N)cc1-c1cccc(C2=CC(n3c4ccccc4c4ccccc43)=CC=CC2)c1. The minimum absolute atomic E-state index is 0.553. The molecule has 0 unspecified atom stereocenters. The summed E-state index contributed by atoms with van der Waals surface area (Å²) < 4.78 is 4.49. The summed E-state index contributed by atoms with van der Waals surface area (Å²) in [6.45, 7) is 3.82. The van der Waals surface area contributed by atoms with Crippen LogP contribution in [0.25, 0.3) is 66.9 Å². The van der Waals surface area contributed by atoms with E-state index in [0.29, 0.717) is 16.7 Å². The monoisotopic (exact) mass is 653 g/mol. The van der Waals surface area contributed by atoms with Gasteiger partial charge in [-0.05, 0) is 115 Å². The van der Waals surface area contributed by atoms with Gasteiger partial charge in [-0.15, -0.1) is 0 Å². The van der Waals surface area contributed by atoms with Crippen LogP contribution in [0.2, 0.25) is 0 Å². The molecule has 5 aromatic carbocycles. The van der Waals surface area contributed by atoms with Crippen molar-refractivity contribution in [2.24, 2.45) is 0 Å². The third kappa shape index (κ3) is 5.33. The predicted molar refractivity (Wildman–Crippen MR) is 208 cm³/mol. The maximum absolute atomic E-state index is 10.0. The lowest BCUT2D eigenvalue weighted by atomic mass is 9.95. The first-order valence-electron chi connectivity index (χ1n) is 16.8. The highest BCUT2D eigenvalue weighted by Gasteiger charge is 2.20. The van der Waals surface area contributed by atoms with Gasteiger partial charge in [-0.1, -0.05) is 66.7 Å². The maximum Gasteiger partial charge on any atom is 0.0991 e. The van der Waals surface area contributed by atoms with Crippen LogP contribution in [-0.2, 0) is 0 Å². The fraction of sp³-hybridized carbons (Fsp3) is 0.0652. The van der Waals surface area contributed by atoms with E-state index < -0.39 is 0 Å². The van der Waals surface area contributed by atoms with Crippen LogP contribution in [0.5, 0.6) is 0 Å². The van der Waals surface area contributed by atoms with Gasteiger partial charge in [0.1, 0.15) is 0 Å². The van der Waals surface area contributed by atoms with Crippen molar-refractivity contribution in [3.63, 3.8) is 0 Å². The molecular formula is C46H31N5. The van der Waals surface area contributed by atoms with Gasteiger partial charge >= 0.3 is 0 Å². The molecule has 0 N–H and O–H groups in total. The lowest BCUT2D eigenvalue weighted by molar-refractivity contribution is 1.09. The number of nitrogens with zero attached hydrogens (tertiary/aromatic N) is 5. The minimum atomic E-state index is 0.553. The van der Waals surface area contributed by atoms with Gasteiger partial charge in [0.2, 0.25) is 0 Å². The molecule has 0 bridgehead atoms. The number of para-hydroxylation sites is 2. The molecule has 0 atom stereocenters. The Morgan fingerprint density at radius 3 is 2.08 bits per heavy atom. The molecule has 0 amide bonds. The van der Waals surface area contributed by atoms with Crippen molar-refractivity contribution in [1.82, 2.24) is 9.13 Å². The summed E-state index contributed by atoms with van der Waals surface area (Å²) in [5, 5.41) is 32.8. The van der Waals surface area contributed by atoms with Crippen LogP contribution in [-0.4, -0.2) is 9.13 Å². The molecule has 0 fully saturated rings. The molecule has 0 radical (unpaired) electrons. The molecule has 7 aromatic rings. The quantitative estimate of drug-likeness (QED) is 0.173. The van der Waals surface area contributed by atoms with E-state index in [9.17, 15) is 15.8 Å².